The Hall–Kier alpha value is -2.11. The number of halogens is 2. The summed E-state index contributed by atoms with van der Waals surface area (Å²) in [4.78, 5) is 0.219. The molecule has 1 unspecified atom stereocenters. The molecule has 0 saturated carbocycles. The fourth-order valence-electron chi connectivity index (χ4n) is 2.62. The summed E-state index contributed by atoms with van der Waals surface area (Å²) in [6.07, 6.45) is 3.66. The van der Waals surface area contributed by atoms with Gasteiger partial charge in [-0.25, -0.2) is 8.42 Å². The molecule has 0 heterocycles. The monoisotopic (exact) mass is 431 g/mol. The number of nitrogens with one attached hydrogen (secondary N) is 1. The summed E-state index contributed by atoms with van der Waals surface area (Å²) in [5.74, 6) is 0. The van der Waals surface area contributed by atoms with E-state index >= 15 is 0 Å². The smallest absolute Gasteiger partial charge is 0.207 e. The summed E-state index contributed by atoms with van der Waals surface area (Å²) in [5.41, 5.74) is 2.69. The van der Waals surface area contributed by atoms with Crippen LogP contribution in [0.25, 0.3) is 6.08 Å². The van der Waals surface area contributed by atoms with Gasteiger partial charge < -0.3 is 0 Å². The highest BCUT2D eigenvalue weighted by molar-refractivity contribution is 7.89. The fraction of sp³-hybridized carbons (Fsp3) is 0.0909. The molecule has 0 spiro atoms. The Morgan fingerprint density at radius 1 is 0.821 bits per heavy atom. The molecule has 0 aliphatic rings. The molecule has 3 aromatic carbocycles. The lowest BCUT2D eigenvalue weighted by molar-refractivity contribution is 0.574. The molecule has 0 fully saturated rings. The van der Waals surface area contributed by atoms with Crippen LogP contribution in [0.2, 0.25) is 10.0 Å². The van der Waals surface area contributed by atoms with Crippen molar-refractivity contribution in [1.82, 2.24) is 4.72 Å². The standard InChI is InChI=1S/C22H19Cl2NO2S/c1-16-2-13-21(14-3-16)28(26,27)25-22(18-7-11-20(24)12-8-18)15-6-17-4-9-19(23)10-5-17/h2-15,22,25H,1H3/b15-6+. The molecule has 0 aromatic heterocycles. The summed E-state index contributed by atoms with van der Waals surface area (Å²) in [6.45, 7) is 1.91. The van der Waals surface area contributed by atoms with Crippen molar-refractivity contribution in [3.8, 4) is 0 Å². The Labute approximate surface area is 175 Å². The van der Waals surface area contributed by atoms with Crippen LogP contribution in [-0.4, -0.2) is 8.42 Å². The van der Waals surface area contributed by atoms with Gasteiger partial charge in [-0.3, -0.25) is 0 Å². The number of hydrogen-bond acceptors (Lipinski definition) is 2. The summed E-state index contributed by atoms with van der Waals surface area (Å²) in [6, 6.07) is 20.6. The van der Waals surface area contributed by atoms with E-state index in [9.17, 15) is 8.42 Å². The van der Waals surface area contributed by atoms with Crippen molar-refractivity contribution in [3.63, 3.8) is 0 Å². The second kappa shape index (κ2) is 8.93. The topological polar surface area (TPSA) is 46.2 Å². The molecule has 0 aliphatic carbocycles. The predicted molar refractivity (Wildman–Crippen MR) is 116 cm³/mol. The van der Waals surface area contributed by atoms with Gasteiger partial charge in [0.05, 0.1) is 10.9 Å². The highest BCUT2D eigenvalue weighted by atomic mass is 35.5. The van der Waals surface area contributed by atoms with Gasteiger partial charge in [-0.1, -0.05) is 77.3 Å². The lowest BCUT2D eigenvalue weighted by Gasteiger charge is -2.16. The number of benzene rings is 3. The number of sulfonamides is 1. The van der Waals surface area contributed by atoms with Gasteiger partial charge in [0.2, 0.25) is 10.0 Å². The highest BCUT2D eigenvalue weighted by Gasteiger charge is 2.19. The van der Waals surface area contributed by atoms with Crippen LogP contribution in [0.5, 0.6) is 0 Å². The molecule has 144 valence electrons. The van der Waals surface area contributed by atoms with E-state index in [1.54, 1.807) is 66.7 Å². The van der Waals surface area contributed by atoms with Crippen molar-refractivity contribution in [1.29, 1.82) is 0 Å². The Kier molecular flexibility index (Phi) is 6.57. The molecule has 0 aliphatic heterocycles. The molecule has 0 bridgehead atoms. The first kappa shape index (κ1) is 20.6. The second-order valence-electron chi connectivity index (χ2n) is 6.37. The third-order valence-electron chi connectivity index (χ3n) is 4.19. The van der Waals surface area contributed by atoms with Crippen LogP contribution in [0.3, 0.4) is 0 Å². The van der Waals surface area contributed by atoms with Crippen LogP contribution >= 0.6 is 23.2 Å². The van der Waals surface area contributed by atoms with Gasteiger partial charge in [0.15, 0.2) is 0 Å². The van der Waals surface area contributed by atoms with Gasteiger partial charge in [0.25, 0.3) is 0 Å². The molecular formula is C22H19Cl2NO2S. The maximum Gasteiger partial charge on any atom is 0.241 e. The van der Waals surface area contributed by atoms with Crippen molar-refractivity contribution in [2.75, 3.05) is 0 Å². The average Bonchev–Trinajstić information content (AvgIpc) is 2.67. The molecule has 0 radical (unpaired) electrons. The molecular weight excluding hydrogens is 413 g/mol. The summed E-state index contributed by atoms with van der Waals surface area (Å²) in [5, 5.41) is 1.23. The molecule has 0 amide bonds. The summed E-state index contributed by atoms with van der Waals surface area (Å²) < 4.78 is 28.5. The molecule has 28 heavy (non-hydrogen) atoms. The van der Waals surface area contributed by atoms with Crippen LogP contribution in [0.4, 0.5) is 0 Å². The minimum Gasteiger partial charge on any atom is -0.207 e. The van der Waals surface area contributed by atoms with Gasteiger partial charge in [0, 0.05) is 10.0 Å². The van der Waals surface area contributed by atoms with Crippen molar-refractivity contribution >= 4 is 39.3 Å². The van der Waals surface area contributed by atoms with Gasteiger partial charge in [-0.2, -0.15) is 4.72 Å². The molecule has 0 saturated heterocycles. The minimum atomic E-state index is -3.70. The Bertz CT molecular complexity index is 1060. The van der Waals surface area contributed by atoms with E-state index in [0.717, 1.165) is 16.7 Å². The maximum atomic E-state index is 12.9. The maximum absolute atomic E-state index is 12.9. The zero-order valence-electron chi connectivity index (χ0n) is 15.1. The molecule has 6 heteroatoms. The second-order valence-corrected chi connectivity index (χ2v) is 8.96. The Morgan fingerprint density at radius 3 is 1.93 bits per heavy atom. The van der Waals surface area contributed by atoms with Crippen molar-refractivity contribution in [2.45, 2.75) is 17.9 Å². The highest BCUT2D eigenvalue weighted by Crippen LogP contribution is 2.22. The summed E-state index contributed by atoms with van der Waals surface area (Å²) >= 11 is 11.9. The molecule has 3 rings (SSSR count). The SMILES string of the molecule is Cc1ccc(S(=O)(=O)NC(/C=C/c2ccc(Cl)cc2)c2ccc(Cl)cc2)cc1. The zero-order valence-corrected chi connectivity index (χ0v) is 17.5. The van der Waals surface area contributed by atoms with E-state index in [1.807, 2.05) is 25.1 Å². The first-order valence-electron chi connectivity index (χ1n) is 8.62. The van der Waals surface area contributed by atoms with E-state index in [-0.39, 0.29) is 4.90 Å². The Morgan fingerprint density at radius 2 is 1.36 bits per heavy atom. The third-order valence-corrected chi connectivity index (χ3v) is 6.15. The van der Waals surface area contributed by atoms with Gasteiger partial charge in [-0.05, 0) is 54.4 Å². The molecule has 3 aromatic rings. The first-order valence-corrected chi connectivity index (χ1v) is 10.9. The van der Waals surface area contributed by atoms with E-state index in [4.69, 9.17) is 23.2 Å². The normalized spacial score (nSPS) is 13.0. The quantitative estimate of drug-likeness (QED) is 0.517. The number of aryl methyl sites for hydroxylation is 1. The van der Waals surface area contributed by atoms with E-state index in [1.165, 1.54) is 0 Å². The Balaban J connectivity index is 1.92. The molecule has 1 atom stereocenters. The third kappa shape index (κ3) is 5.46. The fourth-order valence-corrected chi connectivity index (χ4v) is 4.05. The molecule has 3 nitrogen and oxygen atoms in total. The van der Waals surface area contributed by atoms with Gasteiger partial charge in [0.1, 0.15) is 0 Å². The summed E-state index contributed by atoms with van der Waals surface area (Å²) in [7, 11) is -3.70. The van der Waals surface area contributed by atoms with Crippen LogP contribution in [0, 0.1) is 6.92 Å². The lowest BCUT2D eigenvalue weighted by atomic mass is 10.1. The number of hydrogen-bond donors (Lipinski definition) is 1. The lowest BCUT2D eigenvalue weighted by Crippen LogP contribution is -2.27. The van der Waals surface area contributed by atoms with E-state index in [2.05, 4.69) is 4.72 Å². The zero-order chi connectivity index (χ0) is 20.1. The van der Waals surface area contributed by atoms with Crippen LogP contribution in [0.1, 0.15) is 22.7 Å². The van der Waals surface area contributed by atoms with Crippen molar-refractivity contribution < 1.29 is 8.42 Å². The number of rotatable bonds is 6. The van der Waals surface area contributed by atoms with E-state index < -0.39 is 16.1 Å². The van der Waals surface area contributed by atoms with Gasteiger partial charge >= 0.3 is 0 Å². The minimum absolute atomic E-state index is 0.219. The largest absolute Gasteiger partial charge is 0.241 e. The van der Waals surface area contributed by atoms with E-state index in [0.29, 0.717) is 10.0 Å². The predicted octanol–water partition coefficient (Wildman–Crippen LogP) is 6.03. The van der Waals surface area contributed by atoms with Crippen molar-refractivity contribution in [3.05, 3.63) is 106 Å². The van der Waals surface area contributed by atoms with Crippen LogP contribution in [-0.2, 0) is 10.0 Å². The van der Waals surface area contributed by atoms with Gasteiger partial charge in [-0.15, -0.1) is 0 Å². The average molecular weight is 432 g/mol. The van der Waals surface area contributed by atoms with Crippen LogP contribution < -0.4 is 4.72 Å². The van der Waals surface area contributed by atoms with Crippen LogP contribution in [0.15, 0.2) is 83.8 Å². The molecule has 1 N–H and O–H groups in total. The van der Waals surface area contributed by atoms with Crippen molar-refractivity contribution in [2.24, 2.45) is 0 Å². The first-order chi connectivity index (χ1) is 13.3.